The number of thiophene rings is 1. The first kappa shape index (κ1) is 18.7. The molecule has 0 saturated carbocycles. The van der Waals surface area contributed by atoms with Crippen LogP contribution in [0.5, 0.6) is 0 Å². The van der Waals surface area contributed by atoms with E-state index in [0.29, 0.717) is 11.3 Å². The van der Waals surface area contributed by atoms with Gasteiger partial charge in [-0.05, 0) is 30.5 Å². The van der Waals surface area contributed by atoms with E-state index in [0.717, 1.165) is 5.56 Å². The zero-order chi connectivity index (χ0) is 18.2. The van der Waals surface area contributed by atoms with Crippen molar-refractivity contribution in [1.29, 1.82) is 0 Å². The van der Waals surface area contributed by atoms with Crippen LogP contribution in [0.25, 0.3) is 0 Å². The van der Waals surface area contributed by atoms with Crippen LogP contribution in [0.15, 0.2) is 41.1 Å². The SMILES string of the molecule is Cc1ccc(NC(=O)CN(C)C(=O)CCNC(=O)c2ccsc2)cc1. The smallest absolute Gasteiger partial charge is 0.252 e. The molecule has 2 N–H and O–H groups in total. The van der Waals surface area contributed by atoms with Gasteiger partial charge in [0, 0.05) is 36.6 Å². The third kappa shape index (κ3) is 6.04. The molecule has 0 unspecified atom stereocenters. The second kappa shape index (κ2) is 8.98. The Morgan fingerprint density at radius 1 is 1.12 bits per heavy atom. The van der Waals surface area contributed by atoms with Crippen LogP contribution >= 0.6 is 11.3 Å². The lowest BCUT2D eigenvalue weighted by molar-refractivity contribution is -0.133. The molecule has 0 aliphatic rings. The molecule has 0 fully saturated rings. The highest BCUT2D eigenvalue weighted by atomic mass is 32.1. The maximum atomic E-state index is 12.0. The van der Waals surface area contributed by atoms with Crippen molar-refractivity contribution in [3.05, 3.63) is 52.2 Å². The van der Waals surface area contributed by atoms with Crippen LogP contribution in [0.4, 0.5) is 5.69 Å². The van der Waals surface area contributed by atoms with E-state index in [1.165, 1.54) is 16.2 Å². The number of aryl methyl sites for hydroxylation is 1. The van der Waals surface area contributed by atoms with Crippen molar-refractivity contribution in [2.24, 2.45) is 0 Å². The Bertz CT molecular complexity index is 727. The van der Waals surface area contributed by atoms with Crippen LogP contribution < -0.4 is 10.6 Å². The standard InChI is InChI=1S/C18H21N3O3S/c1-13-3-5-15(6-4-13)20-16(22)11-21(2)17(23)7-9-19-18(24)14-8-10-25-12-14/h3-6,8,10,12H,7,9,11H2,1-2H3,(H,19,24)(H,20,22). The second-order valence-electron chi connectivity index (χ2n) is 5.68. The summed E-state index contributed by atoms with van der Waals surface area (Å²) in [4.78, 5) is 37.1. The summed E-state index contributed by atoms with van der Waals surface area (Å²) in [7, 11) is 1.57. The Kier molecular flexibility index (Phi) is 6.71. The molecule has 6 nitrogen and oxygen atoms in total. The molecule has 1 aromatic carbocycles. The summed E-state index contributed by atoms with van der Waals surface area (Å²) in [5, 5.41) is 9.00. The van der Waals surface area contributed by atoms with Crippen molar-refractivity contribution >= 4 is 34.7 Å². The number of carbonyl (C=O) groups excluding carboxylic acids is 3. The molecule has 0 radical (unpaired) electrons. The van der Waals surface area contributed by atoms with Gasteiger partial charge < -0.3 is 15.5 Å². The molecular weight excluding hydrogens is 338 g/mol. The van der Waals surface area contributed by atoms with Crippen LogP contribution in [0.1, 0.15) is 22.3 Å². The molecule has 1 heterocycles. The maximum Gasteiger partial charge on any atom is 0.252 e. The van der Waals surface area contributed by atoms with Crippen molar-refractivity contribution in [2.75, 3.05) is 25.5 Å². The average molecular weight is 359 g/mol. The Balaban J connectivity index is 1.71. The average Bonchev–Trinajstić information content (AvgIpc) is 3.11. The van der Waals surface area contributed by atoms with Crippen molar-refractivity contribution in [2.45, 2.75) is 13.3 Å². The van der Waals surface area contributed by atoms with Gasteiger partial charge in [0.25, 0.3) is 5.91 Å². The first-order valence-electron chi connectivity index (χ1n) is 7.86. The van der Waals surface area contributed by atoms with Crippen LogP contribution in [0.3, 0.4) is 0 Å². The fraction of sp³-hybridized carbons (Fsp3) is 0.278. The zero-order valence-corrected chi connectivity index (χ0v) is 15.1. The Labute approximate surface area is 150 Å². The van der Waals surface area contributed by atoms with E-state index in [2.05, 4.69) is 10.6 Å². The lowest BCUT2D eigenvalue weighted by Crippen LogP contribution is -2.37. The molecule has 2 aromatic rings. The minimum absolute atomic E-state index is 0.0365. The highest BCUT2D eigenvalue weighted by molar-refractivity contribution is 7.08. The molecule has 0 bridgehead atoms. The van der Waals surface area contributed by atoms with E-state index < -0.39 is 0 Å². The fourth-order valence-corrected chi connectivity index (χ4v) is 2.75. The molecule has 0 atom stereocenters. The van der Waals surface area contributed by atoms with E-state index in [1.54, 1.807) is 18.5 Å². The van der Waals surface area contributed by atoms with E-state index in [9.17, 15) is 14.4 Å². The van der Waals surface area contributed by atoms with E-state index >= 15 is 0 Å². The van der Waals surface area contributed by atoms with Crippen LogP contribution in [0.2, 0.25) is 0 Å². The fourth-order valence-electron chi connectivity index (χ4n) is 2.11. The molecule has 25 heavy (non-hydrogen) atoms. The number of likely N-dealkylation sites (N-methyl/N-ethyl adjacent to an activating group) is 1. The summed E-state index contributed by atoms with van der Waals surface area (Å²) >= 11 is 1.44. The number of hydrogen-bond donors (Lipinski definition) is 2. The number of nitrogens with zero attached hydrogens (tertiary/aromatic N) is 1. The number of anilines is 1. The van der Waals surface area contributed by atoms with Crippen molar-refractivity contribution < 1.29 is 14.4 Å². The van der Waals surface area contributed by atoms with Gasteiger partial charge in [0.05, 0.1) is 6.54 Å². The minimum Gasteiger partial charge on any atom is -0.351 e. The molecule has 7 heteroatoms. The number of amides is 3. The molecule has 132 valence electrons. The van der Waals surface area contributed by atoms with Crippen molar-refractivity contribution in [3.63, 3.8) is 0 Å². The van der Waals surface area contributed by atoms with Gasteiger partial charge >= 0.3 is 0 Å². The van der Waals surface area contributed by atoms with Crippen molar-refractivity contribution in [3.8, 4) is 0 Å². The summed E-state index contributed by atoms with van der Waals surface area (Å²) < 4.78 is 0. The molecule has 1 aromatic heterocycles. The zero-order valence-electron chi connectivity index (χ0n) is 14.2. The predicted octanol–water partition coefficient (Wildman–Crippen LogP) is 2.27. The number of benzene rings is 1. The van der Waals surface area contributed by atoms with Crippen LogP contribution in [-0.2, 0) is 9.59 Å². The van der Waals surface area contributed by atoms with Gasteiger partial charge in [-0.25, -0.2) is 0 Å². The highest BCUT2D eigenvalue weighted by Gasteiger charge is 2.13. The van der Waals surface area contributed by atoms with Gasteiger partial charge in [0.1, 0.15) is 0 Å². The summed E-state index contributed by atoms with van der Waals surface area (Å²) in [5.74, 6) is -0.666. The Hall–Kier alpha value is -2.67. The Morgan fingerprint density at radius 3 is 2.48 bits per heavy atom. The molecule has 2 rings (SSSR count). The minimum atomic E-state index is -0.262. The van der Waals surface area contributed by atoms with Gasteiger partial charge in [0.15, 0.2) is 0 Å². The first-order chi connectivity index (χ1) is 12.0. The summed E-state index contributed by atoms with van der Waals surface area (Å²) in [6.45, 7) is 2.16. The van der Waals surface area contributed by atoms with E-state index in [4.69, 9.17) is 0 Å². The van der Waals surface area contributed by atoms with E-state index in [1.807, 2.05) is 36.6 Å². The second-order valence-corrected chi connectivity index (χ2v) is 6.46. The summed E-state index contributed by atoms with van der Waals surface area (Å²) in [6.07, 6.45) is 0.143. The molecular formula is C18H21N3O3S. The molecule has 0 aliphatic carbocycles. The van der Waals surface area contributed by atoms with E-state index in [-0.39, 0.29) is 37.2 Å². The molecule has 0 saturated heterocycles. The maximum absolute atomic E-state index is 12.0. The highest BCUT2D eigenvalue weighted by Crippen LogP contribution is 2.08. The summed E-state index contributed by atoms with van der Waals surface area (Å²) in [5.41, 5.74) is 2.39. The van der Waals surface area contributed by atoms with Crippen LogP contribution in [0, 0.1) is 6.92 Å². The molecule has 0 aliphatic heterocycles. The number of nitrogens with one attached hydrogen (secondary N) is 2. The number of hydrogen-bond acceptors (Lipinski definition) is 4. The molecule has 3 amide bonds. The van der Waals surface area contributed by atoms with Gasteiger partial charge in [0.2, 0.25) is 11.8 Å². The predicted molar refractivity (Wildman–Crippen MR) is 98.7 cm³/mol. The van der Waals surface area contributed by atoms with Crippen LogP contribution in [-0.4, -0.2) is 42.8 Å². The third-order valence-electron chi connectivity index (χ3n) is 3.55. The topological polar surface area (TPSA) is 78.5 Å². The largest absolute Gasteiger partial charge is 0.351 e. The van der Waals surface area contributed by atoms with Gasteiger partial charge in [-0.1, -0.05) is 17.7 Å². The number of carbonyl (C=O) groups is 3. The van der Waals surface area contributed by atoms with Gasteiger partial charge in [-0.2, -0.15) is 11.3 Å². The van der Waals surface area contributed by atoms with Gasteiger partial charge in [-0.15, -0.1) is 0 Å². The quantitative estimate of drug-likeness (QED) is 0.796. The Morgan fingerprint density at radius 2 is 1.84 bits per heavy atom. The first-order valence-corrected chi connectivity index (χ1v) is 8.81. The lowest BCUT2D eigenvalue weighted by Gasteiger charge is -2.17. The molecule has 0 spiro atoms. The monoisotopic (exact) mass is 359 g/mol. The van der Waals surface area contributed by atoms with Gasteiger partial charge in [-0.3, -0.25) is 14.4 Å². The lowest BCUT2D eigenvalue weighted by atomic mass is 10.2. The third-order valence-corrected chi connectivity index (χ3v) is 4.23. The van der Waals surface area contributed by atoms with Crippen molar-refractivity contribution in [1.82, 2.24) is 10.2 Å². The normalized spacial score (nSPS) is 10.2. The summed E-state index contributed by atoms with van der Waals surface area (Å²) in [6, 6.07) is 9.16. The number of rotatable bonds is 7.